The van der Waals surface area contributed by atoms with Crippen LogP contribution in [0.5, 0.6) is 0 Å². The average Bonchev–Trinajstić information content (AvgIpc) is 2.73. The van der Waals surface area contributed by atoms with E-state index in [1.807, 2.05) is 0 Å². The van der Waals surface area contributed by atoms with Gasteiger partial charge in [-0.05, 0) is 13.8 Å². The maximum absolute atomic E-state index is 12.2. The summed E-state index contributed by atoms with van der Waals surface area (Å²) in [5.41, 5.74) is 0.814. The van der Waals surface area contributed by atoms with Gasteiger partial charge < -0.3 is 4.52 Å². The lowest BCUT2D eigenvalue weighted by atomic mass is 10.2. The molecule has 0 unspecified atom stereocenters. The van der Waals surface area contributed by atoms with Crippen molar-refractivity contribution >= 4 is 40.7 Å². The van der Waals surface area contributed by atoms with Gasteiger partial charge in [0.1, 0.15) is 0 Å². The molecule has 0 radical (unpaired) electrons. The number of anilines is 1. The molecule has 0 aliphatic heterocycles. The molecule has 0 spiro atoms. The highest BCUT2D eigenvalue weighted by Gasteiger charge is 2.21. The number of nitrogens with one attached hydrogen (secondary N) is 1. The van der Waals surface area contributed by atoms with Gasteiger partial charge in [0, 0.05) is 17.7 Å². The van der Waals surface area contributed by atoms with Gasteiger partial charge in [-0.1, -0.05) is 28.4 Å². The number of hydrogen-bond donors (Lipinski definition) is 1. The molecule has 0 fully saturated rings. The predicted molar refractivity (Wildman–Crippen MR) is 77.0 cm³/mol. The van der Waals surface area contributed by atoms with Gasteiger partial charge in [-0.25, -0.2) is 0 Å². The van der Waals surface area contributed by atoms with Crippen molar-refractivity contribution in [1.82, 2.24) is 5.16 Å². The van der Waals surface area contributed by atoms with Gasteiger partial charge in [0.15, 0.2) is 0 Å². The molecule has 1 aromatic heterocycles. The number of aromatic nitrogens is 1. The number of nitro groups is 1. The number of hydrogen-bond acceptors (Lipinski definition) is 5. The first-order chi connectivity index (χ1) is 9.81. The highest BCUT2D eigenvalue weighted by atomic mass is 35.5. The third-order valence-electron chi connectivity index (χ3n) is 2.85. The summed E-state index contributed by atoms with van der Waals surface area (Å²) in [5, 5.41) is 16.8. The van der Waals surface area contributed by atoms with Crippen LogP contribution < -0.4 is 5.32 Å². The van der Waals surface area contributed by atoms with E-state index >= 15 is 0 Å². The van der Waals surface area contributed by atoms with Crippen LogP contribution in [0.3, 0.4) is 0 Å². The third kappa shape index (κ3) is 2.98. The van der Waals surface area contributed by atoms with Crippen LogP contribution in [0.25, 0.3) is 0 Å². The quantitative estimate of drug-likeness (QED) is 0.682. The molecule has 0 aliphatic carbocycles. The summed E-state index contributed by atoms with van der Waals surface area (Å²) in [6.07, 6.45) is 0. The van der Waals surface area contributed by atoms with Crippen molar-refractivity contribution in [2.75, 3.05) is 5.32 Å². The maximum atomic E-state index is 12.2. The Kier molecular flexibility index (Phi) is 4.15. The molecular weight excluding hydrogens is 321 g/mol. The van der Waals surface area contributed by atoms with E-state index in [0.29, 0.717) is 11.3 Å². The second-order valence-corrected chi connectivity index (χ2v) is 5.01. The standard InChI is InChI=1S/C12H9Cl2N3O4/c1-5-6(2)16-21-12(5)15-11(18)8-3-7(17(19)20)4-9(13)10(8)14/h3-4H,1-2H3,(H,15,18). The lowest BCUT2D eigenvalue weighted by Crippen LogP contribution is -2.13. The molecule has 110 valence electrons. The van der Waals surface area contributed by atoms with Gasteiger partial charge in [0.2, 0.25) is 5.88 Å². The Hall–Kier alpha value is -2.12. The molecule has 7 nitrogen and oxygen atoms in total. The third-order valence-corrected chi connectivity index (χ3v) is 3.65. The fourth-order valence-electron chi connectivity index (χ4n) is 1.55. The fourth-order valence-corrected chi connectivity index (χ4v) is 1.96. The Morgan fingerprint density at radius 1 is 1.38 bits per heavy atom. The van der Waals surface area contributed by atoms with E-state index in [-0.39, 0.29) is 27.2 Å². The number of halogens is 2. The molecule has 1 N–H and O–H groups in total. The molecule has 21 heavy (non-hydrogen) atoms. The van der Waals surface area contributed by atoms with Crippen LogP contribution in [0.15, 0.2) is 16.7 Å². The number of aryl methyl sites for hydroxylation is 1. The van der Waals surface area contributed by atoms with Crippen molar-refractivity contribution in [3.05, 3.63) is 49.1 Å². The molecule has 0 atom stereocenters. The van der Waals surface area contributed by atoms with E-state index in [0.717, 1.165) is 12.1 Å². The molecule has 1 amide bonds. The fraction of sp³-hybridized carbons (Fsp3) is 0.167. The highest BCUT2D eigenvalue weighted by molar-refractivity contribution is 6.44. The van der Waals surface area contributed by atoms with Crippen molar-refractivity contribution < 1.29 is 14.2 Å². The number of nitrogens with zero attached hydrogens (tertiary/aromatic N) is 2. The minimum atomic E-state index is -0.676. The van der Waals surface area contributed by atoms with Gasteiger partial charge in [0.05, 0.1) is 26.2 Å². The molecule has 0 aliphatic rings. The van der Waals surface area contributed by atoms with Crippen molar-refractivity contribution in [1.29, 1.82) is 0 Å². The van der Waals surface area contributed by atoms with Crippen LogP contribution in [0.2, 0.25) is 10.0 Å². The minimum absolute atomic E-state index is 0.0753. The number of carbonyl (C=O) groups is 1. The molecule has 2 aromatic rings. The van der Waals surface area contributed by atoms with E-state index in [4.69, 9.17) is 27.7 Å². The molecule has 1 aromatic carbocycles. The lowest BCUT2D eigenvalue weighted by Gasteiger charge is -2.06. The van der Waals surface area contributed by atoms with Crippen LogP contribution in [0.4, 0.5) is 11.6 Å². The van der Waals surface area contributed by atoms with Crippen LogP contribution >= 0.6 is 23.2 Å². The summed E-state index contributed by atoms with van der Waals surface area (Å²) in [4.78, 5) is 22.3. The van der Waals surface area contributed by atoms with Gasteiger partial charge in [-0.15, -0.1) is 0 Å². The van der Waals surface area contributed by atoms with Crippen molar-refractivity contribution in [3.63, 3.8) is 0 Å². The Balaban J connectivity index is 2.39. The monoisotopic (exact) mass is 329 g/mol. The summed E-state index contributed by atoms with van der Waals surface area (Å²) in [6, 6.07) is 2.12. The minimum Gasteiger partial charge on any atom is -0.338 e. The zero-order chi connectivity index (χ0) is 15.7. The normalized spacial score (nSPS) is 10.5. The van der Waals surface area contributed by atoms with E-state index in [2.05, 4.69) is 10.5 Å². The highest BCUT2D eigenvalue weighted by Crippen LogP contribution is 2.31. The van der Waals surface area contributed by atoms with Gasteiger partial charge in [-0.3, -0.25) is 20.2 Å². The topological polar surface area (TPSA) is 98.3 Å². The predicted octanol–water partition coefficient (Wildman–Crippen LogP) is 3.76. The van der Waals surface area contributed by atoms with Crippen LogP contribution in [0.1, 0.15) is 21.6 Å². The van der Waals surface area contributed by atoms with E-state index in [1.165, 1.54) is 0 Å². The number of rotatable bonds is 3. The van der Waals surface area contributed by atoms with E-state index in [1.54, 1.807) is 13.8 Å². The van der Waals surface area contributed by atoms with Crippen LogP contribution in [-0.2, 0) is 0 Å². The van der Waals surface area contributed by atoms with Gasteiger partial charge >= 0.3 is 0 Å². The van der Waals surface area contributed by atoms with E-state index in [9.17, 15) is 14.9 Å². The average molecular weight is 330 g/mol. The molecular formula is C12H9Cl2N3O4. The zero-order valence-electron chi connectivity index (χ0n) is 10.9. The summed E-state index contributed by atoms with van der Waals surface area (Å²) in [7, 11) is 0. The molecule has 9 heteroatoms. The Bertz CT molecular complexity index is 742. The Labute approximate surface area is 129 Å². The number of amides is 1. The molecule has 0 saturated carbocycles. The molecule has 1 heterocycles. The summed E-state index contributed by atoms with van der Waals surface area (Å²) < 4.78 is 4.94. The number of nitro benzene ring substituents is 1. The van der Waals surface area contributed by atoms with Crippen LogP contribution in [0, 0.1) is 24.0 Å². The first-order valence-electron chi connectivity index (χ1n) is 5.69. The molecule has 2 rings (SSSR count). The summed E-state index contributed by atoms with van der Waals surface area (Å²) >= 11 is 11.7. The first kappa shape index (κ1) is 15.3. The summed E-state index contributed by atoms with van der Waals surface area (Å²) in [6.45, 7) is 3.43. The summed E-state index contributed by atoms with van der Waals surface area (Å²) in [5.74, 6) is -0.527. The van der Waals surface area contributed by atoms with Crippen molar-refractivity contribution in [3.8, 4) is 0 Å². The van der Waals surface area contributed by atoms with Gasteiger partial charge in [-0.2, -0.15) is 0 Å². The largest absolute Gasteiger partial charge is 0.338 e. The number of carbonyl (C=O) groups excluding carboxylic acids is 1. The second kappa shape index (κ2) is 5.71. The number of non-ortho nitro benzene ring substituents is 1. The van der Waals surface area contributed by atoms with Crippen molar-refractivity contribution in [2.24, 2.45) is 0 Å². The van der Waals surface area contributed by atoms with Crippen molar-refractivity contribution in [2.45, 2.75) is 13.8 Å². The zero-order valence-corrected chi connectivity index (χ0v) is 12.4. The molecule has 0 saturated heterocycles. The lowest BCUT2D eigenvalue weighted by molar-refractivity contribution is -0.384. The smallest absolute Gasteiger partial charge is 0.271 e. The second-order valence-electron chi connectivity index (χ2n) is 4.22. The first-order valence-corrected chi connectivity index (χ1v) is 6.44. The van der Waals surface area contributed by atoms with E-state index < -0.39 is 10.8 Å². The number of benzene rings is 1. The Morgan fingerprint density at radius 2 is 2.05 bits per heavy atom. The Morgan fingerprint density at radius 3 is 2.57 bits per heavy atom. The maximum Gasteiger partial charge on any atom is 0.271 e. The molecule has 0 bridgehead atoms. The SMILES string of the molecule is Cc1noc(NC(=O)c2cc([N+](=O)[O-])cc(Cl)c2Cl)c1C. The van der Waals surface area contributed by atoms with Crippen LogP contribution in [-0.4, -0.2) is 16.0 Å². The van der Waals surface area contributed by atoms with Gasteiger partial charge in [0.25, 0.3) is 11.6 Å².